The number of ether oxygens (including phenoxy) is 2. The molecule has 0 aromatic heterocycles. The van der Waals surface area contributed by atoms with Crippen molar-refractivity contribution in [2.45, 2.75) is 26.4 Å². The van der Waals surface area contributed by atoms with Gasteiger partial charge in [0.2, 0.25) is 0 Å². The van der Waals surface area contributed by atoms with E-state index < -0.39 is 0 Å². The molecule has 0 unspecified atom stereocenters. The van der Waals surface area contributed by atoms with Crippen molar-refractivity contribution in [1.29, 1.82) is 0 Å². The molecule has 0 radical (unpaired) electrons. The van der Waals surface area contributed by atoms with Gasteiger partial charge >= 0.3 is 0 Å². The Kier molecular flexibility index (Phi) is 10.4. The van der Waals surface area contributed by atoms with E-state index >= 15 is 0 Å². The van der Waals surface area contributed by atoms with Crippen LogP contribution in [0.2, 0.25) is 0 Å². The van der Waals surface area contributed by atoms with Gasteiger partial charge in [-0.15, -0.1) is 12.4 Å². The SMILES string of the molecule is CCCCOCCOCc1cccc(NC(=O)c2cccc(N)c2)c1.Cl. The first kappa shape index (κ1) is 22.0. The van der Waals surface area contributed by atoms with Crippen molar-refractivity contribution in [2.75, 3.05) is 30.9 Å². The average Bonchev–Trinajstić information content (AvgIpc) is 2.61. The van der Waals surface area contributed by atoms with Gasteiger partial charge in [0.1, 0.15) is 0 Å². The molecule has 2 rings (SSSR count). The zero-order valence-electron chi connectivity index (χ0n) is 15.1. The fourth-order valence-corrected chi connectivity index (χ4v) is 2.28. The van der Waals surface area contributed by atoms with Crippen LogP contribution in [0.3, 0.4) is 0 Å². The van der Waals surface area contributed by atoms with Crippen molar-refractivity contribution in [3.05, 3.63) is 59.7 Å². The summed E-state index contributed by atoms with van der Waals surface area (Å²) in [6.45, 7) is 4.57. The monoisotopic (exact) mass is 378 g/mol. The second-order valence-electron chi connectivity index (χ2n) is 5.80. The molecule has 0 aliphatic heterocycles. The Bertz CT molecular complexity index is 680. The molecule has 0 saturated carbocycles. The first-order valence-corrected chi connectivity index (χ1v) is 8.60. The molecule has 0 spiro atoms. The number of nitrogens with two attached hydrogens (primary N) is 1. The van der Waals surface area contributed by atoms with Crippen LogP contribution in [0.5, 0.6) is 0 Å². The second-order valence-corrected chi connectivity index (χ2v) is 5.80. The highest BCUT2D eigenvalue weighted by Gasteiger charge is 2.06. The summed E-state index contributed by atoms with van der Waals surface area (Å²) >= 11 is 0. The van der Waals surface area contributed by atoms with Crippen molar-refractivity contribution in [1.82, 2.24) is 0 Å². The largest absolute Gasteiger partial charge is 0.399 e. The Morgan fingerprint density at radius 1 is 1.04 bits per heavy atom. The summed E-state index contributed by atoms with van der Waals surface area (Å²) in [7, 11) is 0. The molecule has 142 valence electrons. The maximum absolute atomic E-state index is 12.2. The van der Waals surface area contributed by atoms with Gasteiger partial charge in [-0.3, -0.25) is 4.79 Å². The molecule has 1 amide bonds. The standard InChI is InChI=1S/C20H26N2O3.ClH/c1-2-3-10-24-11-12-25-15-16-6-4-9-19(13-16)22-20(23)17-7-5-8-18(21)14-17;/h4-9,13-14H,2-3,10-12,15,21H2,1H3,(H,22,23);1H. The summed E-state index contributed by atoms with van der Waals surface area (Å²) in [6.07, 6.45) is 2.21. The maximum Gasteiger partial charge on any atom is 0.255 e. The zero-order valence-corrected chi connectivity index (χ0v) is 15.9. The number of rotatable bonds is 10. The van der Waals surface area contributed by atoms with E-state index in [-0.39, 0.29) is 18.3 Å². The first-order chi connectivity index (χ1) is 12.2. The van der Waals surface area contributed by atoms with Gasteiger partial charge in [-0.1, -0.05) is 31.5 Å². The van der Waals surface area contributed by atoms with Gasteiger partial charge in [-0.2, -0.15) is 0 Å². The molecule has 0 aliphatic carbocycles. The van der Waals surface area contributed by atoms with Crippen LogP contribution < -0.4 is 11.1 Å². The number of hydrogen-bond acceptors (Lipinski definition) is 4. The Morgan fingerprint density at radius 2 is 1.81 bits per heavy atom. The topological polar surface area (TPSA) is 73.6 Å². The molecular formula is C20H27ClN2O3. The number of anilines is 2. The summed E-state index contributed by atoms with van der Waals surface area (Å²) in [6, 6.07) is 14.5. The van der Waals surface area contributed by atoms with E-state index in [9.17, 15) is 4.79 Å². The lowest BCUT2D eigenvalue weighted by molar-refractivity contribution is 0.0397. The molecule has 26 heavy (non-hydrogen) atoms. The van der Waals surface area contributed by atoms with E-state index in [4.69, 9.17) is 15.2 Å². The van der Waals surface area contributed by atoms with Crippen LogP contribution in [0, 0.1) is 0 Å². The minimum atomic E-state index is -0.185. The summed E-state index contributed by atoms with van der Waals surface area (Å²) in [5, 5.41) is 2.88. The molecule has 0 aliphatic rings. The molecule has 0 atom stereocenters. The lowest BCUT2D eigenvalue weighted by atomic mass is 10.1. The fourth-order valence-electron chi connectivity index (χ4n) is 2.28. The molecule has 5 nitrogen and oxygen atoms in total. The second kappa shape index (κ2) is 12.3. The molecule has 0 saturated heterocycles. The third kappa shape index (κ3) is 7.87. The van der Waals surface area contributed by atoms with E-state index in [1.807, 2.05) is 24.3 Å². The molecule has 0 bridgehead atoms. The van der Waals surface area contributed by atoms with E-state index in [2.05, 4.69) is 12.2 Å². The molecular weight excluding hydrogens is 352 g/mol. The van der Waals surface area contributed by atoms with E-state index in [0.717, 1.165) is 30.7 Å². The van der Waals surface area contributed by atoms with Crippen molar-refractivity contribution in [3.63, 3.8) is 0 Å². The fraction of sp³-hybridized carbons (Fsp3) is 0.350. The minimum absolute atomic E-state index is 0. The van der Waals surface area contributed by atoms with Crippen molar-refractivity contribution < 1.29 is 14.3 Å². The van der Waals surface area contributed by atoms with E-state index in [0.29, 0.717) is 31.1 Å². The Morgan fingerprint density at radius 3 is 2.58 bits per heavy atom. The number of hydrogen-bond donors (Lipinski definition) is 2. The molecule has 2 aromatic rings. The number of benzene rings is 2. The van der Waals surface area contributed by atoms with Crippen molar-refractivity contribution in [2.24, 2.45) is 0 Å². The highest BCUT2D eigenvalue weighted by Crippen LogP contribution is 2.14. The smallest absolute Gasteiger partial charge is 0.255 e. The average molecular weight is 379 g/mol. The molecule has 3 N–H and O–H groups in total. The Balaban J connectivity index is 0.00000338. The van der Waals surface area contributed by atoms with Crippen LogP contribution >= 0.6 is 12.4 Å². The zero-order chi connectivity index (χ0) is 17.9. The molecule has 0 heterocycles. The van der Waals surface area contributed by atoms with Crippen molar-refractivity contribution in [3.8, 4) is 0 Å². The van der Waals surface area contributed by atoms with Crippen LogP contribution in [0.1, 0.15) is 35.7 Å². The van der Waals surface area contributed by atoms with Crippen molar-refractivity contribution >= 4 is 29.7 Å². The van der Waals surface area contributed by atoms with Gasteiger partial charge in [-0.05, 0) is 42.3 Å². The van der Waals surface area contributed by atoms with Gasteiger partial charge in [0, 0.05) is 23.5 Å². The number of carbonyl (C=O) groups is 1. The van der Waals surface area contributed by atoms with Crippen LogP contribution in [-0.2, 0) is 16.1 Å². The highest BCUT2D eigenvalue weighted by molar-refractivity contribution is 6.04. The van der Waals surface area contributed by atoms with E-state index in [1.165, 1.54) is 0 Å². The number of carbonyl (C=O) groups excluding carboxylic acids is 1. The lowest BCUT2D eigenvalue weighted by Gasteiger charge is -2.09. The van der Waals surface area contributed by atoms with E-state index in [1.54, 1.807) is 24.3 Å². The summed E-state index contributed by atoms with van der Waals surface area (Å²) < 4.78 is 11.1. The quantitative estimate of drug-likeness (QED) is 0.478. The molecule has 0 fully saturated rings. The molecule has 2 aromatic carbocycles. The highest BCUT2D eigenvalue weighted by atomic mass is 35.5. The predicted molar refractivity (Wildman–Crippen MR) is 108 cm³/mol. The number of amides is 1. The number of nitrogen functional groups attached to an aromatic ring is 1. The summed E-state index contributed by atoms with van der Waals surface area (Å²) in [5.41, 5.74) is 8.54. The predicted octanol–water partition coefficient (Wildman–Crippen LogP) is 4.28. The third-order valence-corrected chi connectivity index (χ3v) is 3.62. The summed E-state index contributed by atoms with van der Waals surface area (Å²) in [4.78, 5) is 12.2. The van der Waals surface area contributed by atoms with Crippen LogP contribution in [0.4, 0.5) is 11.4 Å². The molecule has 6 heteroatoms. The normalized spacial score (nSPS) is 10.2. The van der Waals surface area contributed by atoms with Gasteiger partial charge in [0.15, 0.2) is 0 Å². The van der Waals surface area contributed by atoms with Gasteiger partial charge in [0.25, 0.3) is 5.91 Å². The number of nitrogens with one attached hydrogen (secondary N) is 1. The minimum Gasteiger partial charge on any atom is -0.399 e. The van der Waals surface area contributed by atoms with Crippen LogP contribution in [0.15, 0.2) is 48.5 Å². The first-order valence-electron chi connectivity index (χ1n) is 8.60. The van der Waals surface area contributed by atoms with Gasteiger partial charge in [-0.25, -0.2) is 0 Å². The van der Waals surface area contributed by atoms with Gasteiger partial charge in [0.05, 0.1) is 19.8 Å². The Hall–Kier alpha value is -2.08. The lowest BCUT2D eigenvalue weighted by Crippen LogP contribution is -2.12. The maximum atomic E-state index is 12.2. The third-order valence-electron chi connectivity index (χ3n) is 3.62. The van der Waals surface area contributed by atoms with Crippen LogP contribution in [0.25, 0.3) is 0 Å². The van der Waals surface area contributed by atoms with Crippen LogP contribution in [-0.4, -0.2) is 25.7 Å². The number of halogens is 1. The van der Waals surface area contributed by atoms with Gasteiger partial charge < -0.3 is 20.5 Å². The Labute approximate surface area is 161 Å². The number of unbranched alkanes of at least 4 members (excludes halogenated alkanes) is 1. The summed E-state index contributed by atoms with van der Waals surface area (Å²) in [5.74, 6) is -0.185.